The first-order chi connectivity index (χ1) is 8.69. The number of unbranched alkanes of at least 4 members (excludes halogenated alkanes) is 1. The zero-order valence-corrected chi connectivity index (χ0v) is 11.2. The lowest BCUT2D eigenvalue weighted by atomic mass is 10.2. The molecule has 0 aliphatic heterocycles. The Morgan fingerprint density at radius 1 is 1.50 bits per heavy atom. The van der Waals surface area contributed by atoms with Crippen molar-refractivity contribution in [3.63, 3.8) is 0 Å². The van der Waals surface area contributed by atoms with E-state index >= 15 is 0 Å². The predicted octanol–water partition coefficient (Wildman–Crippen LogP) is 2.55. The highest BCUT2D eigenvalue weighted by molar-refractivity contribution is 6.32. The van der Waals surface area contributed by atoms with E-state index in [9.17, 15) is 4.79 Å². The molecule has 2 aromatic heterocycles. The highest BCUT2D eigenvalue weighted by Crippen LogP contribution is 2.27. The molecule has 0 amide bonds. The Labute approximate surface area is 110 Å². The molecule has 96 valence electrons. The maximum absolute atomic E-state index is 11.2. The van der Waals surface area contributed by atoms with Gasteiger partial charge in [-0.1, -0.05) is 24.9 Å². The Morgan fingerprint density at radius 2 is 2.28 bits per heavy atom. The Kier molecular flexibility index (Phi) is 3.81. The number of aryl methyl sites for hydroxylation is 2. The summed E-state index contributed by atoms with van der Waals surface area (Å²) in [6, 6.07) is 1.82. The quantitative estimate of drug-likeness (QED) is 0.782. The Balaban J connectivity index is 2.47. The second kappa shape index (κ2) is 5.35. The van der Waals surface area contributed by atoms with Crippen LogP contribution < -0.4 is 0 Å². The molecule has 0 saturated heterocycles. The highest BCUT2D eigenvalue weighted by atomic mass is 35.5. The second-order valence-corrected chi connectivity index (χ2v) is 4.45. The highest BCUT2D eigenvalue weighted by Gasteiger charge is 2.18. The summed E-state index contributed by atoms with van der Waals surface area (Å²) in [4.78, 5) is 11.2. The summed E-state index contributed by atoms with van der Waals surface area (Å²) in [5.74, 6) is 0. The van der Waals surface area contributed by atoms with Crippen molar-refractivity contribution in [2.75, 3.05) is 0 Å². The van der Waals surface area contributed by atoms with Gasteiger partial charge in [-0.05, 0) is 12.5 Å². The third kappa shape index (κ3) is 2.18. The van der Waals surface area contributed by atoms with Crippen LogP contribution in [-0.4, -0.2) is 25.8 Å². The predicted molar refractivity (Wildman–Crippen MR) is 69.7 cm³/mol. The van der Waals surface area contributed by atoms with E-state index in [1.54, 1.807) is 15.6 Å². The first kappa shape index (κ1) is 12.8. The van der Waals surface area contributed by atoms with E-state index in [4.69, 9.17) is 11.6 Å². The van der Waals surface area contributed by atoms with E-state index in [0.29, 0.717) is 23.0 Å². The van der Waals surface area contributed by atoms with Gasteiger partial charge in [-0.25, -0.2) is 0 Å². The standard InChI is InChI=1S/C12H15ClN4O/c1-3-4-7-17-12(13)9(8-18)11(15-17)10-5-6-14-16(10)2/h5-6,8H,3-4,7H2,1-2H3. The van der Waals surface area contributed by atoms with Crippen molar-refractivity contribution in [3.8, 4) is 11.4 Å². The van der Waals surface area contributed by atoms with Gasteiger partial charge in [-0.3, -0.25) is 14.2 Å². The van der Waals surface area contributed by atoms with Gasteiger partial charge in [0.15, 0.2) is 6.29 Å². The summed E-state index contributed by atoms with van der Waals surface area (Å²) in [6.45, 7) is 2.81. The van der Waals surface area contributed by atoms with Crippen LogP contribution in [0.15, 0.2) is 12.3 Å². The molecule has 0 aromatic carbocycles. The Bertz CT molecular complexity index is 558. The molecule has 0 fully saturated rings. The molecule has 0 spiro atoms. The van der Waals surface area contributed by atoms with Crippen molar-refractivity contribution < 1.29 is 4.79 Å². The number of aromatic nitrogens is 4. The van der Waals surface area contributed by atoms with Crippen molar-refractivity contribution >= 4 is 17.9 Å². The van der Waals surface area contributed by atoms with E-state index in [-0.39, 0.29) is 0 Å². The van der Waals surface area contributed by atoms with Gasteiger partial charge in [0.2, 0.25) is 0 Å². The molecule has 18 heavy (non-hydrogen) atoms. The van der Waals surface area contributed by atoms with E-state index in [2.05, 4.69) is 17.1 Å². The molecule has 0 saturated carbocycles. The van der Waals surface area contributed by atoms with Gasteiger partial charge in [-0.2, -0.15) is 10.2 Å². The molecule has 0 unspecified atom stereocenters. The van der Waals surface area contributed by atoms with Crippen molar-refractivity contribution in [2.24, 2.45) is 7.05 Å². The maximum atomic E-state index is 11.2. The van der Waals surface area contributed by atoms with Gasteiger partial charge in [0.1, 0.15) is 10.8 Å². The minimum atomic E-state index is 0.398. The molecule has 0 aliphatic carbocycles. The van der Waals surface area contributed by atoms with Crippen molar-refractivity contribution in [1.82, 2.24) is 19.6 Å². The van der Waals surface area contributed by atoms with Gasteiger partial charge in [-0.15, -0.1) is 0 Å². The number of carbonyl (C=O) groups is 1. The minimum Gasteiger partial charge on any atom is -0.298 e. The van der Waals surface area contributed by atoms with Crippen LogP contribution in [0, 0.1) is 0 Å². The Morgan fingerprint density at radius 3 is 2.83 bits per heavy atom. The summed E-state index contributed by atoms with van der Waals surface area (Å²) < 4.78 is 3.35. The fourth-order valence-corrected chi connectivity index (χ4v) is 2.07. The number of halogens is 1. The monoisotopic (exact) mass is 266 g/mol. The summed E-state index contributed by atoms with van der Waals surface area (Å²) in [5, 5.41) is 8.89. The van der Waals surface area contributed by atoms with Crippen molar-refractivity contribution in [1.29, 1.82) is 0 Å². The van der Waals surface area contributed by atoms with Gasteiger partial charge < -0.3 is 0 Å². The van der Waals surface area contributed by atoms with Crippen LogP contribution in [0.3, 0.4) is 0 Å². The first-order valence-electron chi connectivity index (χ1n) is 5.88. The lowest BCUT2D eigenvalue weighted by Crippen LogP contribution is -2.00. The largest absolute Gasteiger partial charge is 0.298 e. The topological polar surface area (TPSA) is 52.7 Å². The van der Waals surface area contributed by atoms with Gasteiger partial charge in [0.25, 0.3) is 0 Å². The molecule has 0 radical (unpaired) electrons. The van der Waals surface area contributed by atoms with Crippen molar-refractivity contribution in [3.05, 3.63) is 23.0 Å². The third-order valence-corrected chi connectivity index (χ3v) is 3.23. The molecule has 6 heteroatoms. The van der Waals surface area contributed by atoms with Crippen LogP contribution in [0.1, 0.15) is 30.1 Å². The lowest BCUT2D eigenvalue weighted by molar-refractivity contribution is 0.112. The number of nitrogens with zero attached hydrogens (tertiary/aromatic N) is 4. The molecule has 0 N–H and O–H groups in total. The van der Waals surface area contributed by atoms with Crippen LogP contribution >= 0.6 is 11.6 Å². The average Bonchev–Trinajstić information content (AvgIpc) is 2.90. The molecule has 2 aromatic rings. The fraction of sp³-hybridized carbons (Fsp3) is 0.417. The number of hydrogen-bond donors (Lipinski definition) is 0. The summed E-state index contributed by atoms with van der Waals surface area (Å²) in [5.41, 5.74) is 1.80. The molecule has 0 atom stereocenters. The summed E-state index contributed by atoms with van der Waals surface area (Å²) in [7, 11) is 1.81. The zero-order chi connectivity index (χ0) is 13.1. The van der Waals surface area contributed by atoms with Crippen LogP contribution in [0.25, 0.3) is 11.4 Å². The van der Waals surface area contributed by atoms with Crippen molar-refractivity contribution in [2.45, 2.75) is 26.3 Å². The number of aldehydes is 1. The third-order valence-electron chi connectivity index (χ3n) is 2.83. The SMILES string of the molecule is CCCCn1nc(-c2ccnn2C)c(C=O)c1Cl. The van der Waals surface area contributed by atoms with Crippen LogP contribution in [0.5, 0.6) is 0 Å². The average molecular weight is 267 g/mol. The molecule has 0 aliphatic rings. The van der Waals surface area contributed by atoms with E-state index in [1.165, 1.54) is 0 Å². The lowest BCUT2D eigenvalue weighted by Gasteiger charge is -2.00. The minimum absolute atomic E-state index is 0.398. The molecule has 2 rings (SSSR count). The normalized spacial score (nSPS) is 10.8. The molecular formula is C12H15ClN4O. The van der Waals surface area contributed by atoms with Crippen LogP contribution in [0.4, 0.5) is 0 Å². The molecular weight excluding hydrogens is 252 g/mol. The Hall–Kier alpha value is -1.62. The van der Waals surface area contributed by atoms with E-state index < -0.39 is 0 Å². The van der Waals surface area contributed by atoms with Gasteiger partial charge in [0.05, 0.1) is 11.3 Å². The second-order valence-electron chi connectivity index (χ2n) is 4.09. The number of rotatable bonds is 5. The summed E-state index contributed by atoms with van der Waals surface area (Å²) in [6.07, 6.45) is 4.45. The zero-order valence-electron chi connectivity index (χ0n) is 10.4. The van der Waals surface area contributed by atoms with Gasteiger partial charge in [0, 0.05) is 19.8 Å². The number of hydrogen-bond acceptors (Lipinski definition) is 3. The van der Waals surface area contributed by atoms with Gasteiger partial charge >= 0.3 is 0 Å². The smallest absolute Gasteiger partial charge is 0.155 e. The molecule has 5 nitrogen and oxygen atoms in total. The maximum Gasteiger partial charge on any atom is 0.155 e. The van der Waals surface area contributed by atoms with Crippen LogP contribution in [-0.2, 0) is 13.6 Å². The summed E-state index contributed by atoms with van der Waals surface area (Å²) >= 11 is 6.17. The van der Waals surface area contributed by atoms with E-state index in [1.807, 2.05) is 13.1 Å². The van der Waals surface area contributed by atoms with E-state index in [0.717, 1.165) is 24.8 Å². The fourth-order valence-electron chi connectivity index (χ4n) is 1.81. The van der Waals surface area contributed by atoms with Crippen LogP contribution in [0.2, 0.25) is 5.15 Å². The molecule has 0 bridgehead atoms. The number of carbonyl (C=O) groups excluding carboxylic acids is 1. The molecule has 2 heterocycles. The first-order valence-corrected chi connectivity index (χ1v) is 6.26.